The van der Waals surface area contributed by atoms with Gasteiger partial charge in [-0.2, -0.15) is 0 Å². The van der Waals surface area contributed by atoms with E-state index in [1.165, 1.54) is 54.9 Å². The van der Waals surface area contributed by atoms with E-state index in [0.29, 0.717) is 5.69 Å². The molecule has 2 aromatic heterocycles. The predicted molar refractivity (Wildman–Crippen MR) is 146 cm³/mol. The van der Waals surface area contributed by atoms with Gasteiger partial charge in [-0.25, -0.2) is 4.85 Å². The largest absolute Gasteiger partial charge is 0.345 e. The van der Waals surface area contributed by atoms with E-state index in [1.807, 2.05) is 12.1 Å². The molecule has 2 heterocycles. The van der Waals surface area contributed by atoms with Gasteiger partial charge in [0, 0.05) is 45.3 Å². The first-order chi connectivity index (χ1) is 17.2. The van der Waals surface area contributed by atoms with Crippen molar-refractivity contribution in [3.63, 3.8) is 0 Å². The maximum absolute atomic E-state index is 7.36. The first kappa shape index (κ1) is 19.6. The minimum atomic E-state index is 0.670. The van der Waals surface area contributed by atoms with E-state index in [1.54, 1.807) is 0 Å². The molecule has 0 bridgehead atoms. The smallest absolute Gasteiger partial charge is 0.189 e. The second-order valence-electron chi connectivity index (χ2n) is 9.02. The second-order valence-corrected chi connectivity index (χ2v) is 9.02. The third-order valence-electron chi connectivity index (χ3n) is 7.14. The summed E-state index contributed by atoms with van der Waals surface area (Å²) < 4.78 is 4.52. The van der Waals surface area contributed by atoms with Crippen molar-refractivity contribution in [2.24, 2.45) is 7.05 Å². The van der Waals surface area contributed by atoms with Crippen LogP contribution in [0.3, 0.4) is 0 Å². The van der Waals surface area contributed by atoms with Crippen molar-refractivity contribution >= 4 is 49.3 Å². The Bertz CT molecular complexity index is 1960. The molecule has 0 atom stereocenters. The number of benzene rings is 5. The van der Waals surface area contributed by atoms with Gasteiger partial charge in [0.15, 0.2) is 5.69 Å². The summed E-state index contributed by atoms with van der Waals surface area (Å²) in [5.41, 5.74) is 8.92. The zero-order chi connectivity index (χ0) is 23.5. The standard InChI is InChI=1S/C32H21N3/c1-33-23-14-15-26-27-18-21(12-16-29(27)34(2)32(26)20-23)22-13-17-31-28(19-22)25-10-6-7-11-30(25)35(31)24-8-4-3-5-9-24/h3-20H,2H3. The average molecular weight is 448 g/mol. The lowest BCUT2D eigenvalue weighted by Crippen LogP contribution is -1.92. The fraction of sp³-hybridized carbons (Fsp3) is 0.0312. The van der Waals surface area contributed by atoms with Crippen LogP contribution in [-0.4, -0.2) is 9.13 Å². The first-order valence-electron chi connectivity index (χ1n) is 11.7. The molecule has 0 N–H and O–H groups in total. The van der Waals surface area contributed by atoms with Gasteiger partial charge in [-0.05, 0) is 59.7 Å². The lowest BCUT2D eigenvalue weighted by Gasteiger charge is -2.08. The van der Waals surface area contributed by atoms with Crippen LogP contribution in [0.4, 0.5) is 5.69 Å². The van der Waals surface area contributed by atoms with Gasteiger partial charge >= 0.3 is 0 Å². The van der Waals surface area contributed by atoms with Crippen LogP contribution in [-0.2, 0) is 7.05 Å². The molecule has 0 amide bonds. The van der Waals surface area contributed by atoms with E-state index in [4.69, 9.17) is 6.57 Å². The Labute approximate surface area is 202 Å². The van der Waals surface area contributed by atoms with Crippen molar-refractivity contribution in [3.05, 3.63) is 121 Å². The molecular formula is C32H21N3. The van der Waals surface area contributed by atoms with Crippen LogP contribution in [0.15, 0.2) is 109 Å². The summed E-state index contributed by atoms with van der Waals surface area (Å²) in [6.07, 6.45) is 0. The summed E-state index contributed by atoms with van der Waals surface area (Å²) in [4.78, 5) is 3.61. The second kappa shape index (κ2) is 7.35. The topological polar surface area (TPSA) is 14.2 Å². The van der Waals surface area contributed by atoms with Gasteiger partial charge in [-0.15, -0.1) is 0 Å². The van der Waals surface area contributed by atoms with Gasteiger partial charge in [0.05, 0.1) is 17.6 Å². The Morgan fingerprint density at radius 3 is 1.94 bits per heavy atom. The lowest BCUT2D eigenvalue weighted by molar-refractivity contribution is 1.01. The molecule has 0 spiro atoms. The zero-order valence-corrected chi connectivity index (χ0v) is 19.2. The highest BCUT2D eigenvalue weighted by molar-refractivity contribution is 6.12. The molecular weight excluding hydrogens is 426 g/mol. The first-order valence-corrected chi connectivity index (χ1v) is 11.7. The minimum Gasteiger partial charge on any atom is -0.345 e. The van der Waals surface area contributed by atoms with Crippen LogP contribution in [0.5, 0.6) is 0 Å². The zero-order valence-electron chi connectivity index (χ0n) is 19.2. The summed E-state index contributed by atoms with van der Waals surface area (Å²) >= 11 is 0. The quantitative estimate of drug-likeness (QED) is 0.236. The van der Waals surface area contributed by atoms with Crippen molar-refractivity contribution < 1.29 is 0 Å². The van der Waals surface area contributed by atoms with Crippen molar-refractivity contribution in [1.82, 2.24) is 9.13 Å². The van der Waals surface area contributed by atoms with Crippen LogP contribution in [0.25, 0.3) is 65.3 Å². The Kier molecular flexibility index (Phi) is 4.12. The molecule has 0 unspecified atom stereocenters. The molecule has 164 valence electrons. The van der Waals surface area contributed by atoms with Crippen LogP contribution >= 0.6 is 0 Å². The highest BCUT2D eigenvalue weighted by Gasteiger charge is 2.14. The van der Waals surface area contributed by atoms with Gasteiger partial charge < -0.3 is 9.13 Å². The minimum absolute atomic E-state index is 0.670. The number of hydrogen-bond acceptors (Lipinski definition) is 0. The molecule has 5 aromatic carbocycles. The summed E-state index contributed by atoms with van der Waals surface area (Å²) in [6.45, 7) is 7.36. The Balaban J connectivity index is 1.47. The Morgan fingerprint density at radius 2 is 1.17 bits per heavy atom. The molecule has 0 saturated heterocycles. The molecule has 7 aromatic rings. The van der Waals surface area contributed by atoms with Gasteiger partial charge in [-0.1, -0.05) is 60.7 Å². The molecule has 3 nitrogen and oxygen atoms in total. The summed E-state index contributed by atoms with van der Waals surface area (Å²) in [6, 6.07) is 38.6. The Hall–Kier alpha value is -4.81. The SMILES string of the molecule is [C-]#[N+]c1ccc2c3cc(-c4ccc5c(c4)c4ccccc4n5-c4ccccc4)ccc3n(C)c2c1. The van der Waals surface area contributed by atoms with Crippen molar-refractivity contribution in [2.45, 2.75) is 0 Å². The van der Waals surface area contributed by atoms with E-state index in [0.717, 1.165) is 5.52 Å². The molecule has 0 fully saturated rings. The molecule has 3 heteroatoms. The van der Waals surface area contributed by atoms with E-state index >= 15 is 0 Å². The molecule has 35 heavy (non-hydrogen) atoms. The maximum atomic E-state index is 7.36. The highest BCUT2D eigenvalue weighted by Crippen LogP contribution is 2.37. The van der Waals surface area contributed by atoms with Gasteiger partial charge in [0.25, 0.3) is 0 Å². The third kappa shape index (κ3) is 2.84. The molecule has 0 aliphatic heterocycles. The van der Waals surface area contributed by atoms with Gasteiger partial charge in [-0.3, -0.25) is 0 Å². The molecule has 7 rings (SSSR count). The predicted octanol–water partition coefficient (Wildman–Crippen LogP) is 8.65. The van der Waals surface area contributed by atoms with E-state index < -0.39 is 0 Å². The van der Waals surface area contributed by atoms with Crippen molar-refractivity contribution in [1.29, 1.82) is 0 Å². The Morgan fingerprint density at radius 1 is 0.543 bits per heavy atom. The van der Waals surface area contributed by atoms with Gasteiger partial charge in [0.2, 0.25) is 0 Å². The number of fused-ring (bicyclic) bond motifs is 6. The number of aryl methyl sites for hydroxylation is 1. The number of hydrogen-bond donors (Lipinski definition) is 0. The fourth-order valence-electron chi connectivity index (χ4n) is 5.46. The maximum Gasteiger partial charge on any atom is 0.189 e. The average Bonchev–Trinajstić information content (AvgIpc) is 3.40. The van der Waals surface area contributed by atoms with Crippen LogP contribution < -0.4 is 0 Å². The summed E-state index contributed by atoms with van der Waals surface area (Å²) in [5.74, 6) is 0. The molecule has 0 saturated carbocycles. The number of aromatic nitrogens is 2. The molecule has 0 aliphatic rings. The molecule has 0 aliphatic carbocycles. The number of nitrogens with zero attached hydrogens (tertiary/aromatic N) is 3. The van der Waals surface area contributed by atoms with Crippen LogP contribution in [0.2, 0.25) is 0 Å². The summed E-state index contributed by atoms with van der Waals surface area (Å²) in [7, 11) is 2.07. The fourth-order valence-corrected chi connectivity index (χ4v) is 5.46. The van der Waals surface area contributed by atoms with E-state index in [2.05, 4.69) is 118 Å². The number of rotatable bonds is 2. The highest BCUT2D eigenvalue weighted by atomic mass is 15.0. The summed E-state index contributed by atoms with van der Waals surface area (Å²) in [5, 5.41) is 4.90. The molecule has 0 radical (unpaired) electrons. The number of para-hydroxylation sites is 2. The van der Waals surface area contributed by atoms with Crippen LogP contribution in [0, 0.1) is 6.57 Å². The normalized spacial score (nSPS) is 11.5. The van der Waals surface area contributed by atoms with E-state index in [9.17, 15) is 0 Å². The van der Waals surface area contributed by atoms with Crippen molar-refractivity contribution in [3.8, 4) is 16.8 Å². The monoisotopic (exact) mass is 447 g/mol. The van der Waals surface area contributed by atoms with E-state index in [-0.39, 0.29) is 0 Å². The van der Waals surface area contributed by atoms with Gasteiger partial charge in [0.1, 0.15) is 0 Å². The van der Waals surface area contributed by atoms with Crippen molar-refractivity contribution in [2.75, 3.05) is 0 Å². The lowest BCUT2D eigenvalue weighted by atomic mass is 10.0. The third-order valence-corrected chi connectivity index (χ3v) is 7.14. The van der Waals surface area contributed by atoms with Crippen LogP contribution in [0.1, 0.15) is 0 Å².